The van der Waals surface area contributed by atoms with Crippen LogP contribution < -0.4 is 0 Å². The van der Waals surface area contributed by atoms with Gasteiger partial charge in [-0.1, -0.05) is 18.2 Å². The summed E-state index contributed by atoms with van der Waals surface area (Å²) in [5.74, 6) is -0.300. The summed E-state index contributed by atoms with van der Waals surface area (Å²) < 4.78 is 8.13. The molecule has 2 aromatic rings. The number of nitrogens with zero attached hydrogens (tertiary/aromatic N) is 1. The first-order valence-corrected chi connectivity index (χ1v) is 6.57. The van der Waals surface area contributed by atoms with E-state index in [1.165, 1.54) is 0 Å². The largest absolute Gasteiger partial charge is 0.456 e. The van der Waals surface area contributed by atoms with Crippen LogP contribution in [0.2, 0.25) is 0 Å². The lowest BCUT2D eigenvalue weighted by atomic mass is 10.1. The molecule has 4 heteroatoms. The van der Waals surface area contributed by atoms with E-state index < -0.39 is 5.60 Å². The number of hydrogen-bond donors (Lipinski definition) is 0. The minimum absolute atomic E-state index is 0.300. The van der Waals surface area contributed by atoms with Crippen molar-refractivity contribution in [3.05, 3.63) is 34.4 Å². The third-order valence-electron chi connectivity index (χ3n) is 2.64. The Morgan fingerprint density at radius 1 is 1.28 bits per heavy atom. The summed E-state index contributed by atoms with van der Waals surface area (Å²) in [6.45, 7) is 5.60. The summed E-state index contributed by atoms with van der Waals surface area (Å²) in [6.07, 6.45) is 0. The number of rotatable bonds is 1. The van der Waals surface area contributed by atoms with Gasteiger partial charge in [-0.3, -0.25) is 0 Å². The summed E-state index contributed by atoms with van der Waals surface area (Å²) in [5.41, 5.74) is 1.10. The summed E-state index contributed by atoms with van der Waals surface area (Å²) >= 11 is 3.46. The molecule has 0 radical (unpaired) electrons. The van der Waals surface area contributed by atoms with E-state index in [4.69, 9.17) is 4.74 Å². The van der Waals surface area contributed by atoms with Crippen molar-refractivity contribution in [2.24, 2.45) is 7.05 Å². The highest BCUT2D eigenvalue weighted by molar-refractivity contribution is 9.10. The highest BCUT2D eigenvalue weighted by Gasteiger charge is 2.24. The van der Waals surface area contributed by atoms with Crippen LogP contribution in [0.4, 0.5) is 0 Å². The van der Waals surface area contributed by atoms with Gasteiger partial charge >= 0.3 is 5.97 Å². The van der Waals surface area contributed by atoms with Gasteiger partial charge in [-0.05, 0) is 42.8 Å². The molecule has 0 atom stereocenters. The number of ether oxygens (including phenoxy) is 1. The second-order valence-electron chi connectivity index (χ2n) is 5.24. The fourth-order valence-corrected chi connectivity index (χ4v) is 2.45. The number of carbonyl (C=O) groups is 1. The Labute approximate surface area is 115 Å². The van der Waals surface area contributed by atoms with E-state index in [-0.39, 0.29) is 5.97 Å². The second-order valence-corrected chi connectivity index (χ2v) is 6.00. The highest BCUT2D eigenvalue weighted by Crippen LogP contribution is 2.30. The number of aryl methyl sites for hydroxylation is 1. The Morgan fingerprint density at radius 3 is 2.50 bits per heavy atom. The molecule has 1 aromatic carbocycles. The van der Waals surface area contributed by atoms with Crippen molar-refractivity contribution < 1.29 is 9.53 Å². The van der Waals surface area contributed by atoms with Gasteiger partial charge in [0.15, 0.2) is 0 Å². The van der Waals surface area contributed by atoms with Gasteiger partial charge in [-0.15, -0.1) is 0 Å². The van der Waals surface area contributed by atoms with Gasteiger partial charge in [0.2, 0.25) is 0 Å². The zero-order valence-corrected chi connectivity index (χ0v) is 12.5. The molecule has 2 rings (SSSR count). The SMILES string of the molecule is Cn1c(Br)c(C(=O)OC(C)(C)C)c2ccccc21. The molecule has 96 valence electrons. The number of esters is 1. The van der Waals surface area contributed by atoms with E-state index in [2.05, 4.69) is 15.9 Å². The Hall–Kier alpha value is -1.29. The molecular formula is C14H16BrNO2. The first-order valence-electron chi connectivity index (χ1n) is 5.77. The Bertz CT molecular complexity index is 608. The van der Waals surface area contributed by atoms with E-state index in [0.29, 0.717) is 5.56 Å². The van der Waals surface area contributed by atoms with Crippen molar-refractivity contribution in [2.75, 3.05) is 0 Å². The number of para-hydroxylation sites is 1. The van der Waals surface area contributed by atoms with Gasteiger partial charge in [0.25, 0.3) is 0 Å². The molecule has 0 saturated carbocycles. The number of carbonyl (C=O) groups excluding carboxylic acids is 1. The molecule has 0 fully saturated rings. The third-order valence-corrected chi connectivity index (χ3v) is 3.57. The van der Waals surface area contributed by atoms with Crippen LogP contribution in [0.25, 0.3) is 10.9 Å². The summed E-state index contributed by atoms with van der Waals surface area (Å²) in [4.78, 5) is 12.2. The van der Waals surface area contributed by atoms with Crippen LogP contribution in [-0.4, -0.2) is 16.1 Å². The first-order chi connectivity index (χ1) is 8.31. The molecule has 0 aliphatic carbocycles. The topological polar surface area (TPSA) is 31.2 Å². The van der Waals surface area contributed by atoms with Gasteiger partial charge in [0, 0.05) is 18.0 Å². The van der Waals surface area contributed by atoms with Crippen LogP contribution in [0, 0.1) is 0 Å². The quantitative estimate of drug-likeness (QED) is 0.748. The van der Waals surface area contributed by atoms with Crippen LogP contribution in [0.15, 0.2) is 28.9 Å². The molecule has 0 N–H and O–H groups in total. The van der Waals surface area contributed by atoms with Gasteiger partial charge in [0.05, 0.1) is 5.56 Å². The fourth-order valence-electron chi connectivity index (χ4n) is 1.89. The fraction of sp³-hybridized carbons (Fsp3) is 0.357. The van der Waals surface area contributed by atoms with E-state index in [1.807, 2.05) is 56.7 Å². The number of benzene rings is 1. The summed E-state index contributed by atoms with van der Waals surface area (Å²) in [5, 5.41) is 0.904. The molecule has 0 bridgehead atoms. The standard InChI is InChI=1S/C14H16BrNO2/c1-14(2,3)18-13(17)11-9-7-5-6-8-10(9)16(4)12(11)15/h5-8H,1-4H3. The first kappa shape index (κ1) is 13.1. The smallest absolute Gasteiger partial charge is 0.342 e. The molecule has 1 heterocycles. The molecule has 0 saturated heterocycles. The van der Waals surface area contributed by atoms with Crippen LogP contribution in [0.5, 0.6) is 0 Å². The Kier molecular flexibility index (Phi) is 3.23. The van der Waals surface area contributed by atoms with Crippen LogP contribution in [0.3, 0.4) is 0 Å². The molecule has 0 aliphatic rings. The average Bonchev–Trinajstić information content (AvgIpc) is 2.50. The van der Waals surface area contributed by atoms with E-state index >= 15 is 0 Å². The van der Waals surface area contributed by atoms with Crippen molar-refractivity contribution in [2.45, 2.75) is 26.4 Å². The maximum Gasteiger partial charge on any atom is 0.342 e. The Morgan fingerprint density at radius 2 is 1.89 bits per heavy atom. The number of hydrogen-bond acceptors (Lipinski definition) is 2. The van der Waals surface area contributed by atoms with Crippen LogP contribution in [0.1, 0.15) is 31.1 Å². The number of halogens is 1. The lowest BCUT2D eigenvalue weighted by molar-refractivity contribution is 0.00705. The monoisotopic (exact) mass is 309 g/mol. The van der Waals surface area contributed by atoms with Gasteiger partial charge < -0.3 is 9.30 Å². The van der Waals surface area contributed by atoms with Crippen molar-refractivity contribution in [3.8, 4) is 0 Å². The third kappa shape index (κ3) is 2.29. The van der Waals surface area contributed by atoms with Crippen molar-refractivity contribution >= 4 is 32.8 Å². The van der Waals surface area contributed by atoms with Gasteiger partial charge in [-0.25, -0.2) is 4.79 Å². The zero-order valence-electron chi connectivity index (χ0n) is 11.0. The number of fused-ring (bicyclic) bond motifs is 1. The normalized spacial score (nSPS) is 11.8. The molecule has 1 aromatic heterocycles. The number of aromatic nitrogens is 1. The lowest BCUT2D eigenvalue weighted by Gasteiger charge is -2.19. The second kappa shape index (κ2) is 4.43. The molecule has 0 unspecified atom stereocenters. The average molecular weight is 310 g/mol. The van der Waals surface area contributed by atoms with Crippen LogP contribution in [-0.2, 0) is 11.8 Å². The van der Waals surface area contributed by atoms with E-state index in [9.17, 15) is 4.79 Å². The van der Waals surface area contributed by atoms with E-state index in [0.717, 1.165) is 15.5 Å². The van der Waals surface area contributed by atoms with Gasteiger partial charge in [-0.2, -0.15) is 0 Å². The minimum atomic E-state index is -0.493. The highest BCUT2D eigenvalue weighted by atomic mass is 79.9. The van der Waals surface area contributed by atoms with Crippen molar-refractivity contribution in [3.63, 3.8) is 0 Å². The van der Waals surface area contributed by atoms with Crippen molar-refractivity contribution in [1.29, 1.82) is 0 Å². The lowest BCUT2D eigenvalue weighted by Crippen LogP contribution is -2.24. The molecule has 18 heavy (non-hydrogen) atoms. The molecule has 0 aliphatic heterocycles. The Balaban J connectivity index is 2.58. The summed E-state index contributed by atoms with van der Waals surface area (Å²) in [6, 6.07) is 7.78. The zero-order chi connectivity index (χ0) is 13.5. The maximum atomic E-state index is 12.2. The summed E-state index contributed by atoms with van der Waals surface area (Å²) in [7, 11) is 1.92. The van der Waals surface area contributed by atoms with Gasteiger partial charge in [0.1, 0.15) is 10.2 Å². The molecular weight excluding hydrogens is 294 g/mol. The maximum absolute atomic E-state index is 12.2. The predicted octanol–water partition coefficient (Wildman–Crippen LogP) is 3.90. The predicted molar refractivity (Wildman–Crippen MR) is 75.8 cm³/mol. The molecule has 0 amide bonds. The van der Waals surface area contributed by atoms with Crippen molar-refractivity contribution in [1.82, 2.24) is 4.57 Å². The minimum Gasteiger partial charge on any atom is -0.456 e. The van der Waals surface area contributed by atoms with E-state index in [1.54, 1.807) is 0 Å². The molecule has 3 nitrogen and oxygen atoms in total. The molecule has 0 spiro atoms. The van der Waals surface area contributed by atoms with Crippen LogP contribution >= 0.6 is 15.9 Å².